The molecule has 1 aromatic rings. The average Bonchev–Trinajstić information content (AvgIpc) is 2.46. The number of hydrogen-bond acceptors (Lipinski definition) is 2. The number of fused-ring (bicyclic) bond motifs is 1. The summed E-state index contributed by atoms with van der Waals surface area (Å²) >= 11 is 0. The van der Waals surface area contributed by atoms with Gasteiger partial charge in [0.1, 0.15) is 0 Å². The fourth-order valence-corrected chi connectivity index (χ4v) is 4.27. The second kappa shape index (κ2) is 3.72. The van der Waals surface area contributed by atoms with Crippen LogP contribution in [-0.4, -0.2) is 9.46 Å². The van der Waals surface area contributed by atoms with Crippen molar-refractivity contribution in [2.45, 2.75) is 43.4 Å². The first-order valence-electron chi connectivity index (χ1n) is 5.34. The molecule has 0 radical (unpaired) electrons. The minimum absolute atomic E-state index is 0.0502. The standard InChI is InChI=1S/C12H17NOS/c1-4-9-11(13)10-7(2)5-6-8(3)12(10)15(9)14/h5-6,9,11H,4,13H2,1-3H3. The average molecular weight is 223 g/mol. The van der Waals surface area contributed by atoms with Crippen molar-refractivity contribution in [1.29, 1.82) is 0 Å². The molecule has 3 unspecified atom stereocenters. The van der Waals surface area contributed by atoms with Crippen molar-refractivity contribution in [1.82, 2.24) is 0 Å². The molecule has 0 amide bonds. The predicted octanol–water partition coefficient (Wildman–Crippen LogP) is 2.20. The zero-order valence-electron chi connectivity index (χ0n) is 9.41. The monoisotopic (exact) mass is 223 g/mol. The lowest BCUT2D eigenvalue weighted by Gasteiger charge is -2.12. The molecule has 0 aliphatic carbocycles. The third kappa shape index (κ3) is 1.45. The van der Waals surface area contributed by atoms with Gasteiger partial charge in [0.25, 0.3) is 0 Å². The number of aryl methyl sites for hydroxylation is 2. The Hall–Kier alpha value is -0.670. The van der Waals surface area contributed by atoms with E-state index >= 15 is 0 Å². The summed E-state index contributed by atoms with van der Waals surface area (Å²) in [4.78, 5) is 0.995. The van der Waals surface area contributed by atoms with Gasteiger partial charge >= 0.3 is 0 Å². The summed E-state index contributed by atoms with van der Waals surface area (Å²) in [6, 6.07) is 4.06. The Kier molecular flexibility index (Phi) is 2.69. The molecule has 2 nitrogen and oxygen atoms in total. The molecule has 1 heterocycles. The number of rotatable bonds is 1. The molecule has 1 aliphatic heterocycles. The third-order valence-electron chi connectivity index (χ3n) is 3.22. The molecular formula is C12H17NOS. The van der Waals surface area contributed by atoms with E-state index < -0.39 is 10.8 Å². The van der Waals surface area contributed by atoms with Crippen LogP contribution >= 0.6 is 0 Å². The van der Waals surface area contributed by atoms with Crippen LogP contribution in [0, 0.1) is 13.8 Å². The van der Waals surface area contributed by atoms with E-state index in [9.17, 15) is 4.21 Å². The maximum Gasteiger partial charge on any atom is 0.0586 e. The SMILES string of the molecule is CCC1C(N)c2c(C)ccc(C)c2S1=O. The molecular weight excluding hydrogens is 206 g/mol. The molecule has 0 spiro atoms. The summed E-state index contributed by atoms with van der Waals surface area (Å²) in [6.45, 7) is 6.12. The van der Waals surface area contributed by atoms with E-state index in [2.05, 4.69) is 13.0 Å². The van der Waals surface area contributed by atoms with Gasteiger partial charge in [0.05, 0.1) is 16.0 Å². The summed E-state index contributed by atoms with van der Waals surface area (Å²) in [6.07, 6.45) is 0.876. The minimum atomic E-state index is -0.913. The van der Waals surface area contributed by atoms with E-state index in [1.165, 1.54) is 5.56 Å². The van der Waals surface area contributed by atoms with Gasteiger partial charge in [0, 0.05) is 10.9 Å². The van der Waals surface area contributed by atoms with Crippen molar-refractivity contribution in [2.75, 3.05) is 0 Å². The van der Waals surface area contributed by atoms with Gasteiger partial charge in [-0.2, -0.15) is 0 Å². The molecule has 82 valence electrons. The van der Waals surface area contributed by atoms with Crippen molar-refractivity contribution < 1.29 is 4.21 Å². The Morgan fingerprint density at radius 3 is 2.47 bits per heavy atom. The molecule has 15 heavy (non-hydrogen) atoms. The summed E-state index contributed by atoms with van der Waals surface area (Å²) in [5.74, 6) is 0. The van der Waals surface area contributed by atoms with Crippen molar-refractivity contribution in [3.05, 3.63) is 28.8 Å². The quantitative estimate of drug-likeness (QED) is 0.793. The molecule has 3 atom stereocenters. The smallest absolute Gasteiger partial charge is 0.0586 e. The zero-order valence-corrected chi connectivity index (χ0v) is 10.2. The molecule has 0 saturated carbocycles. The fourth-order valence-electron chi connectivity index (χ4n) is 2.36. The molecule has 3 heteroatoms. The van der Waals surface area contributed by atoms with Crippen LogP contribution in [-0.2, 0) is 10.8 Å². The maximum atomic E-state index is 12.2. The lowest BCUT2D eigenvalue weighted by atomic mass is 9.97. The highest BCUT2D eigenvalue weighted by Gasteiger charge is 2.37. The normalized spacial score (nSPS) is 29.2. The second-order valence-corrected chi connectivity index (χ2v) is 5.82. The van der Waals surface area contributed by atoms with Gasteiger partial charge in [-0.25, -0.2) is 0 Å². The van der Waals surface area contributed by atoms with Gasteiger partial charge in [-0.15, -0.1) is 0 Å². The van der Waals surface area contributed by atoms with E-state index in [0.717, 1.165) is 22.4 Å². The molecule has 0 fully saturated rings. The van der Waals surface area contributed by atoms with Gasteiger partial charge in [0.2, 0.25) is 0 Å². The highest BCUT2D eigenvalue weighted by Crippen LogP contribution is 2.39. The van der Waals surface area contributed by atoms with E-state index in [0.29, 0.717) is 0 Å². The van der Waals surface area contributed by atoms with Crippen LogP contribution in [0.3, 0.4) is 0 Å². The first-order valence-corrected chi connectivity index (χ1v) is 6.55. The van der Waals surface area contributed by atoms with Crippen molar-refractivity contribution in [2.24, 2.45) is 5.73 Å². The molecule has 2 N–H and O–H groups in total. The summed E-state index contributed by atoms with van der Waals surface area (Å²) < 4.78 is 12.2. The van der Waals surface area contributed by atoms with Crippen molar-refractivity contribution in [3.8, 4) is 0 Å². The summed E-state index contributed by atoms with van der Waals surface area (Å²) in [5.41, 5.74) is 9.58. The molecule has 1 aromatic carbocycles. The van der Waals surface area contributed by atoms with Crippen LogP contribution in [0.5, 0.6) is 0 Å². The van der Waals surface area contributed by atoms with E-state index in [-0.39, 0.29) is 11.3 Å². The van der Waals surface area contributed by atoms with E-state index in [1.54, 1.807) is 0 Å². The van der Waals surface area contributed by atoms with Gasteiger partial charge in [-0.1, -0.05) is 19.1 Å². The lowest BCUT2D eigenvalue weighted by molar-refractivity contribution is 0.631. The topological polar surface area (TPSA) is 43.1 Å². The van der Waals surface area contributed by atoms with Crippen LogP contribution in [0.25, 0.3) is 0 Å². The first-order chi connectivity index (χ1) is 7.07. The van der Waals surface area contributed by atoms with Crippen LogP contribution in [0.4, 0.5) is 0 Å². The first kappa shape index (κ1) is 10.8. The molecule has 2 rings (SSSR count). The summed E-state index contributed by atoms with van der Waals surface area (Å²) in [5, 5.41) is 0.0970. The van der Waals surface area contributed by atoms with Crippen molar-refractivity contribution in [3.63, 3.8) is 0 Å². The second-order valence-electron chi connectivity index (χ2n) is 4.21. The maximum absolute atomic E-state index is 12.2. The molecule has 0 bridgehead atoms. The zero-order chi connectivity index (χ0) is 11.2. The van der Waals surface area contributed by atoms with Gasteiger partial charge in [-0.3, -0.25) is 4.21 Å². The van der Waals surface area contributed by atoms with E-state index in [1.807, 2.05) is 19.9 Å². The number of benzene rings is 1. The fraction of sp³-hybridized carbons (Fsp3) is 0.500. The highest BCUT2D eigenvalue weighted by atomic mass is 32.2. The van der Waals surface area contributed by atoms with E-state index in [4.69, 9.17) is 5.73 Å². The van der Waals surface area contributed by atoms with Gasteiger partial charge < -0.3 is 5.73 Å². The lowest BCUT2D eigenvalue weighted by Crippen LogP contribution is -2.23. The largest absolute Gasteiger partial charge is 0.323 e. The van der Waals surface area contributed by atoms with Crippen LogP contribution < -0.4 is 5.73 Å². The van der Waals surface area contributed by atoms with Crippen molar-refractivity contribution >= 4 is 10.8 Å². The summed E-state index contributed by atoms with van der Waals surface area (Å²) in [7, 11) is -0.913. The molecule has 1 aliphatic rings. The Morgan fingerprint density at radius 1 is 1.33 bits per heavy atom. The Labute approximate surface area is 93.3 Å². The Morgan fingerprint density at radius 2 is 1.93 bits per heavy atom. The molecule has 0 saturated heterocycles. The van der Waals surface area contributed by atoms with Gasteiger partial charge in [0.15, 0.2) is 0 Å². The minimum Gasteiger partial charge on any atom is -0.323 e. The van der Waals surface area contributed by atoms with Gasteiger partial charge in [-0.05, 0) is 37.0 Å². The Bertz CT molecular complexity index is 428. The number of hydrogen-bond donors (Lipinski definition) is 1. The van der Waals surface area contributed by atoms with Crippen LogP contribution in [0.2, 0.25) is 0 Å². The highest BCUT2D eigenvalue weighted by molar-refractivity contribution is 7.86. The van der Waals surface area contributed by atoms with Crippen LogP contribution in [0.1, 0.15) is 36.1 Å². The number of nitrogens with two attached hydrogens (primary N) is 1. The third-order valence-corrected chi connectivity index (χ3v) is 5.34. The Balaban J connectivity index is 2.66. The predicted molar refractivity (Wildman–Crippen MR) is 63.3 cm³/mol. The molecule has 0 aromatic heterocycles. The van der Waals surface area contributed by atoms with Crippen LogP contribution in [0.15, 0.2) is 17.0 Å².